The van der Waals surface area contributed by atoms with Gasteiger partial charge < -0.3 is 14.8 Å². The van der Waals surface area contributed by atoms with Crippen LogP contribution in [0.2, 0.25) is 0 Å². The first-order valence-electron chi connectivity index (χ1n) is 8.85. The summed E-state index contributed by atoms with van der Waals surface area (Å²) in [4.78, 5) is 47.1. The van der Waals surface area contributed by atoms with Crippen LogP contribution in [-0.2, 0) is 20.9 Å². The van der Waals surface area contributed by atoms with Gasteiger partial charge in [0.05, 0.1) is 12.0 Å². The summed E-state index contributed by atoms with van der Waals surface area (Å²) in [5.41, 5.74) is 0.977. The predicted molar refractivity (Wildman–Crippen MR) is 112 cm³/mol. The number of ether oxygens (including phenoxy) is 2. The molecule has 0 aliphatic carbocycles. The molecule has 0 bridgehead atoms. The highest BCUT2D eigenvalue weighted by atomic mass is 79.9. The van der Waals surface area contributed by atoms with E-state index in [-0.39, 0.29) is 18.0 Å². The average molecular weight is 490 g/mol. The molecule has 2 aromatic carbocycles. The summed E-state index contributed by atoms with van der Waals surface area (Å²) in [6, 6.07) is 10.4. The molecule has 1 aliphatic heterocycles. The fraction of sp³-hybridized carbons (Fsp3) is 0.150. The Kier molecular flexibility index (Phi) is 6.65. The zero-order chi connectivity index (χ0) is 22.5. The summed E-state index contributed by atoms with van der Waals surface area (Å²) >= 11 is 3.34. The van der Waals surface area contributed by atoms with Crippen molar-refractivity contribution in [2.24, 2.45) is 0 Å². The third kappa shape index (κ3) is 5.25. The van der Waals surface area contributed by atoms with E-state index in [2.05, 4.69) is 26.0 Å². The lowest BCUT2D eigenvalue weighted by atomic mass is 10.1. The second kappa shape index (κ2) is 9.39. The first-order chi connectivity index (χ1) is 14.8. The fourth-order valence-corrected chi connectivity index (χ4v) is 3.13. The third-order valence-corrected chi connectivity index (χ3v) is 4.76. The summed E-state index contributed by atoms with van der Waals surface area (Å²) in [7, 11) is 1.16. The SMILES string of the molecule is COC(=O)CN1C(=O)N/C(=C/c2cc(Br)ccc2OCc2cccc([N+](=O)[O-])c2)C1=O. The van der Waals surface area contributed by atoms with Gasteiger partial charge in [0.15, 0.2) is 0 Å². The number of carbonyl (C=O) groups is 3. The molecule has 3 amide bonds. The molecule has 0 unspecified atom stereocenters. The van der Waals surface area contributed by atoms with Crippen LogP contribution in [0.15, 0.2) is 52.6 Å². The lowest BCUT2D eigenvalue weighted by Crippen LogP contribution is -2.36. The van der Waals surface area contributed by atoms with Crippen LogP contribution in [0.4, 0.5) is 10.5 Å². The highest BCUT2D eigenvalue weighted by Crippen LogP contribution is 2.27. The lowest BCUT2D eigenvalue weighted by Gasteiger charge is -2.11. The average Bonchev–Trinajstić information content (AvgIpc) is 3.00. The number of hydrogen-bond acceptors (Lipinski definition) is 7. The topological polar surface area (TPSA) is 128 Å². The number of carbonyl (C=O) groups excluding carboxylic acids is 3. The predicted octanol–water partition coefficient (Wildman–Crippen LogP) is 3.00. The Hall–Kier alpha value is -3.73. The molecule has 0 aromatic heterocycles. The van der Waals surface area contributed by atoms with E-state index in [0.29, 0.717) is 21.3 Å². The van der Waals surface area contributed by atoms with E-state index in [9.17, 15) is 24.5 Å². The molecule has 1 N–H and O–H groups in total. The smallest absolute Gasteiger partial charge is 0.329 e. The molecule has 1 saturated heterocycles. The van der Waals surface area contributed by atoms with Crippen molar-refractivity contribution in [3.63, 3.8) is 0 Å². The first-order valence-corrected chi connectivity index (χ1v) is 9.65. The van der Waals surface area contributed by atoms with Crippen molar-refractivity contribution in [1.82, 2.24) is 10.2 Å². The molecule has 0 atom stereocenters. The third-order valence-electron chi connectivity index (χ3n) is 4.26. The van der Waals surface area contributed by atoms with Crippen LogP contribution in [0, 0.1) is 10.1 Å². The molecular weight excluding hydrogens is 474 g/mol. The van der Waals surface area contributed by atoms with E-state index in [0.717, 1.165) is 12.0 Å². The fourth-order valence-electron chi connectivity index (χ4n) is 2.75. The number of nitro groups is 1. The highest BCUT2D eigenvalue weighted by molar-refractivity contribution is 9.10. The van der Waals surface area contributed by atoms with E-state index in [4.69, 9.17) is 4.74 Å². The Morgan fingerprint density at radius 2 is 2.03 bits per heavy atom. The van der Waals surface area contributed by atoms with Gasteiger partial charge in [-0.15, -0.1) is 0 Å². The molecule has 11 heteroatoms. The van der Waals surface area contributed by atoms with Gasteiger partial charge in [-0.2, -0.15) is 0 Å². The van der Waals surface area contributed by atoms with E-state index >= 15 is 0 Å². The number of nitrogens with zero attached hydrogens (tertiary/aromatic N) is 2. The number of nitrogens with one attached hydrogen (secondary N) is 1. The van der Waals surface area contributed by atoms with Gasteiger partial charge in [0, 0.05) is 22.2 Å². The van der Waals surface area contributed by atoms with Gasteiger partial charge in [0.25, 0.3) is 11.6 Å². The van der Waals surface area contributed by atoms with Crippen LogP contribution in [0.25, 0.3) is 6.08 Å². The van der Waals surface area contributed by atoms with Crippen molar-refractivity contribution in [1.29, 1.82) is 0 Å². The van der Waals surface area contributed by atoms with Crippen LogP contribution in [0.1, 0.15) is 11.1 Å². The highest BCUT2D eigenvalue weighted by Gasteiger charge is 2.35. The summed E-state index contributed by atoms with van der Waals surface area (Å²) in [5, 5.41) is 13.4. The number of hydrogen-bond donors (Lipinski definition) is 1. The number of imide groups is 1. The summed E-state index contributed by atoms with van der Waals surface area (Å²) in [6.07, 6.45) is 1.42. The minimum atomic E-state index is -0.740. The van der Waals surface area contributed by atoms with E-state index in [1.807, 2.05) is 0 Å². The van der Waals surface area contributed by atoms with Crippen molar-refractivity contribution in [3.8, 4) is 5.75 Å². The number of methoxy groups -OCH3 is 1. The van der Waals surface area contributed by atoms with Crippen LogP contribution in [0.3, 0.4) is 0 Å². The molecule has 0 radical (unpaired) electrons. The Balaban J connectivity index is 1.83. The molecular formula is C20H16BrN3O7. The number of benzene rings is 2. The number of amides is 3. The van der Waals surface area contributed by atoms with Crippen LogP contribution in [0.5, 0.6) is 5.75 Å². The number of non-ortho nitro benzene ring substituents is 1. The first kappa shape index (κ1) is 22.0. The van der Waals surface area contributed by atoms with Crippen LogP contribution in [-0.4, -0.2) is 41.4 Å². The molecule has 31 heavy (non-hydrogen) atoms. The zero-order valence-corrected chi connectivity index (χ0v) is 17.7. The maximum Gasteiger partial charge on any atom is 0.329 e. The minimum absolute atomic E-state index is 0.0350. The van der Waals surface area contributed by atoms with E-state index in [1.54, 1.807) is 30.3 Å². The zero-order valence-electron chi connectivity index (χ0n) is 16.2. The molecule has 2 aromatic rings. The van der Waals surface area contributed by atoms with Crippen molar-refractivity contribution in [2.45, 2.75) is 6.61 Å². The van der Waals surface area contributed by atoms with Gasteiger partial charge in [-0.3, -0.25) is 19.7 Å². The second-order valence-electron chi connectivity index (χ2n) is 6.35. The second-order valence-corrected chi connectivity index (χ2v) is 7.27. The van der Waals surface area contributed by atoms with Crippen molar-refractivity contribution in [3.05, 3.63) is 73.9 Å². The summed E-state index contributed by atoms with van der Waals surface area (Å²) in [6.45, 7) is -0.457. The molecule has 0 saturated carbocycles. The van der Waals surface area contributed by atoms with Gasteiger partial charge in [-0.1, -0.05) is 28.1 Å². The van der Waals surface area contributed by atoms with Gasteiger partial charge in [0.2, 0.25) is 0 Å². The van der Waals surface area contributed by atoms with E-state index < -0.39 is 29.4 Å². The largest absolute Gasteiger partial charge is 0.488 e. The van der Waals surface area contributed by atoms with Gasteiger partial charge in [0.1, 0.15) is 24.6 Å². The van der Waals surface area contributed by atoms with Crippen LogP contribution >= 0.6 is 15.9 Å². The Morgan fingerprint density at radius 1 is 1.26 bits per heavy atom. The number of nitro benzene ring substituents is 1. The standard InChI is InChI=1S/C20H16BrN3O7/c1-30-18(25)10-23-19(26)16(22-20(23)27)9-13-8-14(21)5-6-17(13)31-11-12-3-2-4-15(7-12)24(28)29/h2-9H,10-11H2,1H3,(H,22,27)/b16-9+. The van der Waals surface area contributed by atoms with Gasteiger partial charge in [-0.25, -0.2) is 9.69 Å². The molecule has 0 spiro atoms. The van der Waals surface area contributed by atoms with Crippen molar-refractivity contribution < 1.29 is 28.8 Å². The molecule has 1 heterocycles. The summed E-state index contributed by atoms with van der Waals surface area (Å²) in [5.74, 6) is -1.02. The molecule has 10 nitrogen and oxygen atoms in total. The van der Waals surface area contributed by atoms with Gasteiger partial charge >= 0.3 is 12.0 Å². The van der Waals surface area contributed by atoms with Gasteiger partial charge in [-0.05, 0) is 29.8 Å². The Morgan fingerprint density at radius 3 is 2.74 bits per heavy atom. The van der Waals surface area contributed by atoms with E-state index in [1.165, 1.54) is 18.2 Å². The quantitative estimate of drug-likeness (QED) is 0.208. The number of esters is 1. The minimum Gasteiger partial charge on any atom is -0.488 e. The molecule has 160 valence electrons. The molecule has 1 aliphatic rings. The number of halogens is 1. The Bertz CT molecular complexity index is 1100. The summed E-state index contributed by atoms with van der Waals surface area (Å²) < 4.78 is 11.0. The van der Waals surface area contributed by atoms with Crippen molar-refractivity contribution >= 4 is 45.6 Å². The maximum atomic E-state index is 12.5. The van der Waals surface area contributed by atoms with Crippen LogP contribution < -0.4 is 10.1 Å². The van der Waals surface area contributed by atoms with Crippen molar-refractivity contribution in [2.75, 3.05) is 13.7 Å². The normalized spacial score (nSPS) is 14.5. The Labute approximate surface area is 184 Å². The molecule has 3 rings (SSSR count). The number of urea groups is 1. The maximum absolute atomic E-state index is 12.5. The monoisotopic (exact) mass is 489 g/mol. The number of rotatable bonds is 7. The molecule has 1 fully saturated rings. The lowest BCUT2D eigenvalue weighted by molar-refractivity contribution is -0.384.